The second kappa shape index (κ2) is 5.96. The van der Waals surface area contributed by atoms with Crippen LogP contribution in [0.2, 0.25) is 0 Å². The van der Waals surface area contributed by atoms with Gasteiger partial charge in [-0.05, 0) is 45.4 Å². The van der Waals surface area contributed by atoms with Crippen molar-refractivity contribution in [2.75, 3.05) is 6.54 Å². The zero-order chi connectivity index (χ0) is 13.8. The van der Waals surface area contributed by atoms with Crippen molar-refractivity contribution < 1.29 is 13.9 Å². The number of carbonyl (C=O) groups is 1. The van der Waals surface area contributed by atoms with Crippen molar-refractivity contribution in [2.24, 2.45) is 0 Å². The molecule has 0 aliphatic carbocycles. The maximum Gasteiger partial charge on any atom is 0.320 e. The molecule has 0 bridgehead atoms. The molecule has 0 aliphatic heterocycles. The fourth-order valence-corrected chi connectivity index (χ4v) is 1.48. The van der Waals surface area contributed by atoms with Gasteiger partial charge in [0.2, 0.25) is 0 Å². The van der Waals surface area contributed by atoms with Crippen LogP contribution in [0, 0.1) is 5.82 Å². The average molecular weight is 253 g/mol. The molecule has 0 aromatic heterocycles. The van der Waals surface area contributed by atoms with E-state index in [2.05, 4.69) is 5.32 Å². The van der Waals surface area contributed by atoms with Crippen molar-refractivity contribution in [1.82, 2.24) is 5.32 Å². The summed E-state index contributed by atoms with van der Waals surface area (Å²) < 4.78 is 17.9. The first kappa shape index (κ1) is 14.6. The van der Waals surface area contributed by atoms with Gasteiger partial charge in [-0.15, -0.1) is 0 Å². The summed E-state index contributed by atoms with van der Waals surface area (Å²) in [5.41, 5.74) is 0.456. The Morgan fingerprint density at radius 2 is 1.89 bits per heavy atom. The third-order valence-electron chi connectivity index (χ3n) is 2.34. The quantitative estimate of drug-likeness (QED) is 0.838. The smallest absolute Gasteiger partial charge is 0.320 e. The molecule has 1 aromatic carbocycles. The van der Waals surface area contributed by atoms with Gasteiger partial charge in [0.1, 0.15) is 11.4 Å². The van der Waals surface area contributed by atoms with Gasteiger partial charge in [0.15, 0.2) is 0 Å². The summed E-state index contributed by atoms with van der Waals surface area (Å²) in [5.74, 6) is -0.561. The van der Waals surface area contributed by atoms with Gasteiger partial charge in [-0.25, -0.2) is 4.39 Å². The number of hydrogen-bond acceptors (Lipinski definition) is 3. The van der Waals surface area contributed by atoms with E-state index >= 15 is 0 Å². The van der Waals surface area contributed by atoms with E-state index in [1.165, 1.54) is 12.1 Å². The van der Waals surface area contributed by atoms with Gasteiger partial charge in [-0.1, -0.05) is 12.1 Å². The van der Waals surface area contributed by atoms with E-state index in [1.807, 2.05) is 27.7 Å². The van der Waals surface area contributed by atoms with Crippen LogP contribution in [0.4, 0.5) is 4.39 Å². The zero-order valence-electron chi connectivity index (χ0n) is 11.3. The molecular formula is C14H20FNO2. The van der Waals surface area contributed by atoms with Gasteiger partial charge in [0, 0.05) is 6.04 Å². The van der Waals surface area contributed by atoms with E-state index in [0.29, 0.717) is 0 Å². The minimum Gasteiger partial charge on any atom is -0.459 e. The molecule has 0 aliphatic rings. The van der Waals surface area contributed by atoms with E-state index < -0.39 is 5.60 Å². The highest BCUT2D eigenvalue weighted by molar-refractivity contribution is 5.72. The molecule has 0 heterocycles. The topological polar surface area (TPSA) is 38.3 Å². The van der Waals surface area contributed by atoms with E-state index in [1.54, 1.807) is 12.1 Å². The van der Waals surface area contributed by atoms with Crippen molar-refractivity contribution in [3.8, 4) is 0 Å². The second-order valence-corrected chi connectivity index (χ2v) is 5.24. The Bertz CT molecular complexity index is 395. The van der Waals surface area contributed by atoms with E-state index in [0.717, 1.165) is 5.56 Å². The molecule has 0 saturated carbocycles. The minimum absolute atomic E-state index is 0.0295. The zero-order valence-corrected chi connectivity index (χ0v) is 11.3. The van der Waals surface area contributed by atoms with Crippen molar-refractivity contribution in [2.45, 2.75) is 39.3 Å². The second-order valence-electron chi connectivity index (χ2n) is 5.24. The van der Waals surface area contributed by atoms with Gasteiger partial charge in [0.25, 0.3) is 0 Å². The van der Waals surface area contributed by atoms with Crippen LogP contribution < -0.4 is 5.32 Å². The van der Waals surface area contributed by atoms with Crippen LogP contribution in [0.15, 0.2) is 24.3 Å². The number of halogens is 1. The van der Waals surface area contributed by atoms with Crippen LogP contribution in [-0.2, 0) is 9.53 Å². The van der Waals surface area contributed by atoms with Crippen molar-refractivity contribution >= 4 is 5.97 Å². The molecule has 4 heteroatoms. The van der Waals surface area contributed by atoms with Crippen molar-refractivity contribution in [3.63, 3.8) is 0 Å². The van der Waals surface area contributed by atoms with Gasteiger partial charge in [-0.3, -0.25) is 4.79 Å². The minimum atomic E-state index is -0.474. The molecule has 3 nitrogen and oxygen atoms in total. The van der Waals surface area contributed by atoms with Crippen molar-refractivity contribution in [3.05, 3.63) is 35.6 Å². The number of hydrogen-bond donors (Lipinski definition) is 1. The molecule has 1 rings (SSSR count). The number of carbonyl (C=O) groups excluding carboxylic acids is 1. The Hall–Kier alpha value is -1.42. The summed E-state index contributed by atoms with van der Waals surface area (Å²) in [6.45, 7) is 7.53. The number of benzene rings is 1. The van der Waals surface area contributed by atoms with E-state index in [9.17, 15) is 9.18 Å². The Morgan fingerprint density at radius 3 is 2.39 bits per heavy atom. The molecule has 18 heavy (non-hydrogen) atoms. The number of esters is 1. The monoisotopic (exact) mass is 253 g/mol. The van der Waals surface area contributed by atoms with Crippen LogP contribution in [-0.4, -0.2) is 18.1 Å². The summed E-state index contributed by atoms with van der Waals surface area (Å²) >= 11 is 0. The normalized spacial score (nSPS) is 13.2. The fourth-order valence-electron chi connectivity index (χ4n) is 1.48. The molecule has 1 aromatic rings. The molecule has 1 atom stereocenters. The van der Waals surface area contributed by atoms with Crippen LogP contribution >= 0.6 is 0 Å². The van der Waals surface area contributed by atoms with Crippen molar-refractivity contribution in [1.29, 1.82) is 0 Å². The number of nitrogens with one attached hydrogen (secondary N) is 1. The Morgan fingerprint density at radius 1 is 1.33 bits per heavy atom. The lowest BCUT2D eigenvalue weighted by Crippen LogP contribution is -2.32. The highest BCUT2D eigenvalue weighted by atomic mass is 19.1. The summed E-state index contributed by atoms with van der Waals surface area (Å²) in [6.07, 6.45) is 0. The van der Waals surface area contributed by atoms with Gasteiger partial charge >= 0.3 is 5.97 Å². The van der Waals surface area contributed by atoms with Crippen LogP contribution in [0.3, 0.4) is 0 Å². The molecule has 0 saturated heterocycles. The predicted octanol–water partition coefficient (Wildman–Crippen LogP) is 2.82. The molecule has 0 radical (unpaired) electrons. The maximum atomic E-state index is 12.8. The Labute approximate surface area is 107 Å². The van der Waals surface area contributed by atoms with Gasteiger partial charge < -0.3 is 10.1 Å². The first-order chi connectivity index (χ1) is 8.28. The average Bonchev–Trinajstić information content (AvgIpc) is 2.24. The van der Waals surface area contributed by atoms with Gasteiger partial charge in [-0.2, -0.15) is 0 Å². The van der Waals surface area contributed by atoms with E-state index in [-0.39, 0.29) is 24.4 Å². The SMILES string of the molecule is C[C@H](NCC(=O)OC(C)(C)C)c1ccc(F)cc1. The molecule has 0 spiro atoms. The Kier molecular flexibility index (Phi) is 4.84. The Balaban J connectivity index is 2.44. The maximum absolute atomic E-state index is 12.8. The molecule has 0 fully saturated rings. The van der Waals surface area contributed by atoms with Crippen LogP contribution in [0.1, 0.15) is 39.3 Å². The molecule has 0 amide bonds. The van der Waals surface area contributed by atoms with Crippen LogP contribution in [0.5, 0.6) is 0 Å². The first-order valence-corrected chi connectivity index (χ1v) is 5.98. The summed E-state index contributed by atoms with van der Waals surface area (Å²) in [6, 6.07) is 6.17. The summed E-state index contributed by atoms with van der Waals surface area (Å²) in [4.78, 5) is 11.5. The summed E-state index contributed by atoms with van der Waals surface area (Å²) in [7, 11) is 0. The first-order valence-electron chi connectivity index (χ1n) is 5.98. The summed E-state index contributed by atoms with van der Waals surface area (Å²) in [5, 5.41) is 3.04. The molecule has 100 valence electrons. The molecule has 0 unspecified atom stereocenters. The lowest BCUT2D eigenvalue weighted by Gasteiger charge is -2.21. The molecular weight excluding hydrogens is 233 g/mol. The van der Waals surface area contributed by atoms with E-state index in [4.69, 9.17) is 4.74 Å². The predicted molar refractivity (Wildman–Crippen MR) is 68.7 cm³/mol. The standard InChI is InChI=1S/C14H20FNO2/c1-10(11-5-7-12(15)8-6-11)16-9-13(17)18-14(2,3)4/h5-8,10,16H,9H2,1-4H3/t10-/m0/s1. The van der Waals surface area contributed by atoms with Gasteiger partial charge in [0.05, 0.1) is 6.54 Å². The third kappa shape index (κ3) is 5.27. The lowest BCUT2D eigenvalue weighted by atomic mass is 10.1. The number of ether oxygens (including phenoxy) is 1. The highest BCUT2D eigenvalue weighted by Crippen LogP contribution is 2.13. The lowest BCUT2D eigenvalue weighted by molar-refractivity contribution is -0.153. The molecule has 1 N–H and O–H groups in total. The third-order valence-corrected chi connectivity index (χ3v) is 2.34. The van der Waals surface area contributed by atoms with Crippen LogP contribution in [0.25, 0.3) is 0 Å². The fraction of sp³-hybridized carbons (Fsp3) is 0.500. The largest absolute Gasteiger partial charge is 0.459 e. The highest BCUT2D eigenvalue weighted by Gasteiger charge is 2.16. The number of rotatable bonds is 4.